The molecular weight excluding hydrogens is 382 g/mol. The minimum absolute atomic E-state index is 0.0873. The summed E-state index contributed by atoms with van der Waals surface area (Å²) in [5.74, 6) is 0.723. The monoisotopic (exact) mass is 411 g/mol. The zero-order valence-corrected chi connectivity index (χ0v) is 18.6. The summed E-state index contributed by atoms with van der Waals surface area (Å²) in [6.07, 6.45) is 5.07. The lowest BCUT2D eigenvalue weighted by Gasteiger charge is -2.20. The predicted octanol–water partition coefficient (Wildman–Crippen LogP) is 5.46. The van der Waals surface area contributed by atoms with Crippen molar-refractivity contribution in [3.63, 3.8) is 0 Å². The molecule has 2 aromatic carbocycles. The molecular formula is C24H29NO3S. The van der Waals surface area contributed by atoms with E-state index in [4.69, 9.17) is 4.42 Å². The zero-order valence-electron chi connectivity index (χ0n) is 17.8. The number of hydrogen-bond donors (Lipinski definition) is 0. The van der Waals surface area contributed by atoms with Crippen LogP contribution in [-0.2, 0) is 28.4 Å². The Hall–Kier alpha value is -2.40. The van der Waals surface area contributed by atoms with E-state index in [1.807, 2.05) is 19.1 Å². The highest BCUT2D eigenvalue weighted by molar-refractivity contribution is 7.91. The van der Waals surface area contributed by atoms with Crippen molar-refractivity contribution in [3.05, 3.63) is 76.7 Å². The largest absolute Gasteiger partial charge is 0.445 e. The third-order valence-corrected chi connectivity index (χ3v) is 7.95. The van der Waals surface area contributed by atoms with Gasteiger partial charge in [-0.2, -0.15) is 0 Å². The summed E-state index contributed by atoms with van der Waals surface area (Å²) >= 11 is 0. The predicted molar refractivity (Wildman–Crippen MR) is 118 cm³/mol. The Morgan fingerprint density at radius 3 is 2.21 bits per heavy atom. The van der Waals surface area contributed by atoms with Gasteiger partial charge in [0.05, 0.1) is 16.7 Å². The molecule has 0 aliphatic carbocycles. The van der Waals surface area contributed by atoms with Crippen LogP contribution in [0.2, 0.25) is 0 Å². The molecule has 3 aromatic rings. The molecule has 154 valence electrons. The maximum atomic E-state index is 12.5. The molecule has 0 atom stereocenters. The highest BCUT2D eigenvalue weighted by atomic mass is 32.2. The van der Waals surface area contributed by atoms with Gasteiger partial charge in [0.25, 0.3) is 0 Å². The van der Waals surface area contributed by atoms with Crippen molar-refractivity contribution in [1.29, 1.82) is 0 Å². The van der Waals surface area contributed by atoms with Crippen molar-refractivity contribution in [2.24, 2.45) is 0 Å². The van der Waals surface area contributed by atoms with Crippen molar-refractivity contribution in [2.75, 3.05) is 0 Å². The molecule has 3 rings (SSSR count). The number of nitrogens with zero attached hydrogens (tertiary/aromatic N) is 1. The number of aryl methyl sites for hydroxylation is 4. The van der Waals surface area contributed by atoms with E-state index >= 15 is 0 Å². The Balaban J connectivity index is 1.70. The molecule has 4 nitrogen and oxygen atoms in total. The molecule has 0 aliphatic heterocycles. The van der Waals surface area contributed by atoms with E-state index < -0.39 is 14.6 Å². The van der Waals surface area contributed by atoms with Crippen LogP contribution in [0.15, 0.2) is 53.3 Å². The topological polar surface area (TPSA) is 60.2 Å². The van der Waals surface area contributed by atoms with Crippen molar-refractivity contribution in [2.45, 2.75) is 58.0 Å². The molecule has 29 heavy (non-hydrogen) atoms. The van der Waals surface area contributed by atoms with E-state index in [-0.39, 0.29) is 5.75 Å². The average Bonchev–Trinajstić information content (AvgIpc) is 3.16. The third-order valence-electron chi connectivity index (χ3n) is 5.39. The van der Waals surface area contributed by atoms with Crippen LogP contribution in [-0.4, -0.2) is 18.1 Å². The molecule has 0 radical (unpaired) electrons. The van der Waals surface area contributed by atoms with Crippen LogP contribution in [0.3, 0.4) is 0 Å². The van der Waals surface area contributed by atoms with Crippen LogP contribution in [0.25, 0.3) is 11.5 Å². The van der Waals surface area contributed by atoms with Crippen LogP contribution in [0.1, 0.15) is 48.6 Å². The SMILES string of the molecule is Cc1cc(-c2ncco2)ccc1CCc1ccc(CS(=O)(=O)C(C)(C)C)c(C)c1. The van der Waals surface area contributed by atoms with E-state index in [2.05, 4.69) is 36.2 Å². The van der Waals surface area contributed by atoms with Gasteiger partial charge >= 0.3 is 0 Å². The van der Waals surface area contributed by atoms with Crippen LogP contribution in [0.4, 0.5) is 0 Å². The van der Waals surface area contributed by atoms with Crippen molar-refractivity contribution >= 4 is 9.84 Å². The first-order chi connectivity index (χ1) is 13.6. The highest BCUT2D eigenvalue weighted by Crippen LogP contribution is 2.24. The van der Waals surface area contributed by atoms with Gasteiger partial charge in [-0.3, -0.25) is 0 Å². The summed E-state index contributed by atoms with van der Waals surface area (Å²) in [5, 5.41) is 0. The van der Waals surface area contributed by atoms with Gasteiger partial charge in [-0.1, -0.05) is 24.3 Å². The third kappa shape index (κ3) is 4.96. The summed E-state index contributed by atoms with van der Waals surface area (Å²) in [6, 6.07) is 12.4. The molecule has 0 saturated carbocycles. The van der Waals surface area contributed by atoms with Gasteiger partial charge in [0, 0.05) is 5.56 Å². The first kappa shape index (κ1) is 21.3. The molecule has 1 aromatic heterocycles. The van der Waals surface area contributed by atoms with Gasteiger partial charge in [0.15, 0.2) is 9.84 Å². The second-order valence-corrected chi connectivity index (χ2v) is 11.4. The molecule has 0 aliphatic rings. The van der Waals surface area contributed by atoms with Gasteiger partial charge in [-0.25, -0.2) is 13.4 Å². The fourth-order valence-corrected chi connectivity index (χ4v) is 4.42. The fraction of sp³-hybridized carbons (Fsp3) is 0.375. The van der Waals surface area contributed by atoms with Gasteiger partial charge in [0.1, 0.15) is 6.26 Å². The van der Waals surface area contributed by atoms with Gasteiger partial charge in [-0.05, 0) is 87.4 Å². The van der Waals surface area contributed by atoms with E-state index in [1.54, 1.807) is 33.2 Å². The van der Waals surface area contributed by atoms with E-state index in [9.17, 15) is 8.42 Å². The van der Waals surface area contributed by atoms with E-state index in [1.165, 1.54) is 16.7 Å². The number of sulfone groups is 1. The van der Waals surface area contributed by atoms with E-state index in [0.29, 0.717) is 5.89 Å². The van der Waals surface area contributed by atoms with Crippen molar-refractivity contribution < 1.29 is 12.8 Å². The average molecular weight is 412 g/mol. The molecule has 0 unspecified atom stereocenters. The van der Waals surface area contributed by atoms with Crippen LogP contribution in [0.5, 0.6) is 0 Å². The fourth-order valence-electron chi connectivity index (χ4n) is 3.25. The Kier molecular flexibility index (Phi) is 5.99. The summed E-state index contributed by atoms with van der Waals surface area (Å²) < 4.78 is 29.6. The number of hydrogen-bond acceptors (Lipinski definition) is 4. The molecule has 0 spiro atoms. The lowest BCUT2D eigenvalue weighted by Crippen LogP contribution is -2.29. The van der Waals surface area contributed by atoms with Gasteiger partial charge in [-0.15, -0.1) is 0 Å². The van der Waals surface area contributed by atoms with E-state index in [0.717, 1.165) is 29.5 Å². The lowest BCUT2D eigenvalue weighted by molar-refractivity contribution is 0.559. The Bertz CT molecular complexity index is 1090. The maximum Gasteiger partial charge on any atom is 0.225 e. The molecule has 0 saturated heterocycles. The number of benzene rings is 2. The summed E-state index contributed by atoms with van der Waals surface area (Å²) in [4.78, 5) is 4.20. The first-order valence-corrected chi connectivity index (χ1v) is 11.5. The quantitative estimate of drug-likeness (QED) is 0.541. The second kappa shape index (κ2) is 8.15. The molecule has 0 fully saturated rings. The molecule has 5 heteroatoms. The number of rotatable bonds is 6. The van der Waals surface area contributed by atoms with Gasteiger partial charge in [0.2, 0.25) is 5.89 Å². The Morgan fingerprint density at radius 1 is 0.931 bits per heavy atom. The minimum Gasteiger partial charge on any atom is -0.445 e. The molecule has 1 heterocycles. The Labute approximate surface area is 173 Å². The maximum absolute atomic E-state index is 12.5. The molecule has 0 bridgehead atoms. The van der Waals surface area contributed by atoms with Crippen LogP contribution in [0, 0.1) is 13.8 Å². The molecule has 0 amide bonds. The molecule has 0 N–H and O–H groups in total. The normalized spacial score (nSPS) is 12.3. The van der Waals surface area contributed by atoms with Crippen molar-refractivity contribution in [1.82, 2.24) is 4.98 Å². The minimum atomic E-state index is -3.18. The van der Waals surface area contributed by atoms with Crippen LogP contribution >= 0.6 is 0 Å². The second-order valence-electron chi connectivity index (χ2n) is 8.61. The first-order valence-electron chi connectivity index (χ1n) is 9.87. The lowest BCUT2D eigenvalue weighted by atomic mass is 9.97. The zero-order chi connectivity index (χ0) is 21.2. The highest BCUT2D eigenvalue weighted by Gasteiger charge is 2.29. The van der Waals surface area contributed by atoms with Gasteiger partial charge < -0.3 is 4.42 Å². The number of aromatic nitrogens is 1. The van der Waals surface area contributed by atoms with Crippen molar-refractivity contribution in [3.8, 4) is 11.5 Å². The van der Waals surface area contributed by atoms with Crippen LogP contribution < -0.4 is 0 Å². The Morgan fingerprint density at radius 2 is 1.62 bits per heavy atom. The summed E-state index contributed by atoms with van der Waals surface area (Å²) in [7, 11) is -3.18. The summed E-state index contributed by atoms with van der Waals surface area (Å²) in [5.41, 5.74) is 6.62. The summed E-state index contributed by atoms with van der Waals surface area (Å²) in [6.45, 7) is 9.35. The number of oxazole rings is 1. The standard InChI is InChI=1S/C24H29NO3S/c1-17-14-19(7-9-22(17)16-29(26,27)24(3,4)5)6-8-20-10-11-21(15-18(20)2)23-25-12-13-28-23/h7,9-15H,6,8,16H2,1-5H3. The smallest absolute Gasteiger partial charge is 0.225 e.